The molecule has 304 valence electrons. The van der Waals surface area contributed by atoms with Gasteiger partial charge < -0.3 is 20.6 Å². The van der Waals surface area contributed by atoms with Gasteiger partial charge in [0.2, 0.25) is 5.88 Å². The van der Waals surface area contributed by atoms with Crippen molar-refractivity contribution in [3.05, 3.63) is 110 Å². The summed E-state index contributed by atoms with van der Waals surface area (Å²) in [7, 11) is 0. The molecule has 0 radical (unpaired) electrons. The fraction of sp³-hybridized carbons (Fsp3) is 0.372. The van der Waals surface area contributed by atoms with Crippen LogP contribution >= 0.6 is 46.4 Å². The third-order valence-corrected chi connectivity index (χ3v) is 10.7. The molecule has 0 aliphatic heterocycles. The third-order valence-electron chi connectivity index (χ3n) is 9.57. The van der Waals surface area contributed by atoms with Gasteiger partial charge >= 0.3 is 5.56 Å². The Morgan fingerprint density at radius 3 is 2.14 bits per heavy atom. The van der Waals surface area contributed by atoms with Gasteiger partial charge in [0.15, 0.2) is 17.4 Å². The molecule has 2 heterocycles. The van der Waals surface area contributed by atoms with Crippen molar-refractivity contribution in [1.29, 1.82) is 0 Å². The number of hydrogen-bond donors (Lipinski definition) is 5. The number of phenolic OH excluding ortho intramolecular Hbond substituents is 1. The maximum Gasteiger partial charge on any atom is 0.301 e. The molecule has 57 heavy (non-hydrogen) atoms. The molecule has 1 unspecified atom stereocenters. The van der Waals surface area contributed by atoms with Crippen LogP contribution in [-0.2, 0) is 6.42 Å². The highest BCUT2D eigenvalue weighted by Gasteiger charge is 2.22. The standard InChI is InChI=1S/C43H50Cl4N6O4/c1-2-3-4-5-6-7-8-9-10-11-12-13-14-15-17-30(44)24-29-25-38(55)52(42(29)56)34-19-16-18-33(28-34)48-41-39(50-49-32-20-22-35(54)23-21-32)43(57)53(51-41)40-36(46)26-31(45)27-37(40)47/h13-14,16,18-23,25-28,30,48,51,54-56H,2-12,15,17,24H2,1H3. The van der Waals surface area contributed by atoms with E-state index in [0.717, 1.165) is 23.9 Å². The van der Waals surface area contributed by atoms with Crippen LogP contribution in [0.3, 0.4) is 0 Å². The number of unbranched alkanes of at least 4 members (excludes halogenated alkanes) is 10. The second-order valence-corrected chi connectivity index (χ2v) is 16.0. The first-order chi connectivity index (χ1) is 27.5. The number of benzene rings is 3. The van der Waals surface area contributed by atoms with Gasteiger partial charge in [0, 0.05) is 27.7 Å². The zero-order chi connectivity index (χ0) is 40.7. The zero-order valence-corrected chi connectivity index (χ0v) is 35.1. The van der Waals surface area contributed by atoms with E-state index in [0.29, 0.717) is 34.1 Å². The number of hydrogen-bond acceptors (Lipinski definition) is 7. The monoisotopic (exact) mass is 854 g/mol. The number of alkyl halides is 1. The van der Waals surface area contributed by atoms with Gasteiger partial charge in [-0.2, -0.15) is 5.11 Å². The molecule has 0 saturated carbocycles. The van der Waals surface area contributed by atoms with Gasteiger partial charge in [0.05, 0.1) is 21.4 Å². The SMILES string of the molecule is CCCCCCCCCCCCC=CCCC(Cl)Cc1cc(O)n(-c2cccc(Nc3[nH]n(-c4c(Cl)cc(Cl)cc4Cl)c(=O)c3N=Nc3ccc(O)cc3)c2)c1O. The maximum atomic E-state index is 13.8. The van der Waals surface area contributed by atoms with Gasteiger partial charge in [-0.15, -0.1) is 16.7 Å². The van der Waals surface area contributed by atoms with E-state index in [9.17, 15) is 20.1 Å². The molecule has 14 heteroatoms. The van der Waals surface area contributed by atoms with Crippen LogP contribution in [0, 0.1) is 0 Å². The Morgan fingerprint density at radius 1 is 0.807 bits per heavy atom. The number of allylic oxidation sites excluding steroid dienone is 2. The van der Waals surface area contributed by atoms with E-state index in [1.54, 1.807) is 36.4 Å². The molecule has 0 bridgehead atoms. The molecule has 5 N–H and O–H groups in total. The van der Waals surface area contributed by atoms with E-state index >= 15 is 0 Å². The summed E-state index contributed by atoms with van der Waals surface area (Å²) in [6, 6.07) is 17.3. The average Bonchev–Trinajstić information content (AvgIpc) is 3.63. The lowest BCUT2D eigenvalue weighted by Crippen LogP contribution is -2.15. The predicted molar refractivity (Wildman–Crippen MR) is 234 cm³/mol. The first-order valence-electron chi connectivity index (χ1n) is 19.6. The fourth-order valence-electron chi connectivity index (χ4n) is 6.55. The van der Waals surface area contributed by atoms with Crippen molar-refractivity contribution in [2.75, 3.05) is 5.32 Å². The summed E-state index contributed by atoms with van der Waals surface area (Å²) >= 11 is 25.8. The van der Waals surface area contributed by atoms with Crippen LogP contribution in [-0.4, -0.2) is 35.0 Å². The van der Waals surface area contributed by atoms with Crippen molar-refractivity contribution in [3.63, 3.8) is 0 Å². The van der Waals surface area contributed by atoms with E-state index in [-0.39, 0.29) is 50.1 Å². The minimum Gasteiger partial charge on any atom is -0.508 e. The number of aromatic amines is 1. The number of nitrogens with zero attached hydrogens (tertiary/aromatic N) is 4. The molecular formula is C43H50Cl4N6O4. The number of aromatic hydroxyl groups is 3. The number of H-pyrrole nitrogens is 1. The first-order valence-corrected chi connectivity index (χ1v) is 21.1. The molecule has 0 fully saturated rings. The maximum absolute atomic E-state index is 13.8. The van der Waals surface area contributed by atoms with Gasteiger partial charge in [-0.25, -0.2) is 4.68 Å². The van der Waals surface area contributed by atoms with Crippen molar-refractivity contribution >= 4 is 69.3 Å². The van der Waals surface area contributed by atoms with E-state index in [4.69, 9.17) is 46.4 Å². The molecule has 2 aromatic heterocycles. The Kier molecular flexibility index (Phi) is 16.9. The van der Waals surface area contributed by atoms with Crippen LogP contribution in [0.4, 0.5) is 22.9 Å². The lowest BCUT2D eigenvalue weighted by atomic mass is 10.1. The van der Waals surface area contributed by atoms with Crippen LogP contribution in [0.5, 0.6) is 17.5 Å². The highest BCUT2D eigenvalue weighted by atomic mass is 35.5. The smallest absolute Gasteiger partial charge is 0.301 e. The summed E-state index contributed by atoms with van der Waals surface area (Å²) in [5, 5.41) is 46.7. The molecule has 0 aliphatic rings. The fourth-order valence-corrected chi connectivity index (χ4v) is 7.83. The van der Waals surface area contributed by atoms with E-state index in [1.165, 1.54) is 99.1 Å². The average molecular weight is 857 g/mol. The van der Waals surface area contributed by atoms with Crippen molar-refractivity contribution in [2.45, 2.75) is 102 Å². The summed E-state index contributed by atoms with van der Waals surface area (Å²) in [4.78, 5) is 13.8. The second kappa shape index (κ2) is 22.0. The van der Waals surface area contributed by atoms with Gasteiger partial charge in [0.1, 0.15) is 11.4 Å². The summed E-state index contributed by atoms with van der Waals surface area (Å²) in [5.41, 5.74) is 1.27. The van der Waals surface area contributed by atoms with E-state index < -0.39 is 5.56 Å². The van der Waals surface area contributed by atoms with Gasteiger partial charge in [-0.05, 0) is 86.7 Å². The topological polar surface area (TPSA) is 140 Å². The molecule has 5 rings (SSSR count). The third kappa shape index (κ3) is 12.6. The number of halogens is 4. The summed E-state index contributed by atoms with van der Waals surface area (Å²) in [6.45, 7) is 2.25. The van der Waals surface area contributed by atoms with Crippen LogP contribution < -0.4 is 10.9 Å². The minimum absolute atomic E-state index is 0.0548. The van der Waals surface area contributed by atoms with Crippen molar-refractivity contribution in [1.82, 2.24) is 14.3 Å². The zero-order valence-electron chi connectivity index (χ0n) is 32.0. The summed E-state index contributed by atoms with van der Waals surface area (Å²) in [6.07, 6.45) is 20.7. The largest absolute Gasteiger partial charge is 0.508 e. The number of nitrogens with one attached hydrogen (secondary N) is 2. The molecule has 0 aliphatic carbocycles. The summed E-state index contributed by atoms with van der Waals surface area (Å²) < 4.78 is 2.45. The van der Waals surface area contributed by atoms with Crippen LogP contribution in [0.15, 0.2) is 93.9 Å². The van der Waals surface area contributed by atoms with E-state index in [2.05, 4.69) is 39.7 Å². The number of rotatable bonds is 22. The highest BCUT2D eigenvalue weighted by Crippen LogP contribution is 2.36. The normalized spacial score (nSPS) is 12.3. The lowest BCUT2D eigenvalue weighted by molar-refractivity contribution is 0.400. The van der Waals surface area contributed by atoms with Crippen LogP contribution in [0.25, 0.3) is 11.4 Å². The summed E-state index contributed by atoms with van der Waals surface area (Å²) in [5.74, 6) is -0.0817. The molecule has 5 aromatic rings. The Morgan fingerprint density at radius 2 is 1.46 bits per heavy atom. The Hall–Kier alpha value is -4.35. The molecule has 0 saturated heterocycles. The number of azo groups is 1. The lowest BCUT2D eigenvalue weighted by Gasteiger charge is -2.12. The van der Waals surface area contributed by atoms with Gasteiger partial charge in [-0.1, -0.05) is 118 Å². The number of anilines is 2. The molecule has 3 aromatic carbocycles. The predicted octanol–water partition coefficient (Wildman–Crippen LogP) is 14.0. The van der Waals surface area contributed by atoms with Crippen molar-refractivity contribution in [2.24, 2.45) is 10.2 Å². The number of aromatic nitrogens is 3. The Bertz CT molecular complexity index is 2150. The number of phenols is 1. The second-order valence-electron chi connectivity index (χ2n) is 14.1. The Balaban J connectivity index is 1.23. The molecule has 1 atom stereocenters. The first kappa shape index (κ1) is 43.8. The molecule has 10 nitrogen and oxygen atoms in total. The Labute approximate surface area is 353 Å². The van der Waals surface area contributed by atoms with Gasteiger partial charge in [0.25, 0.3) is 0 Å². The van der Waals surface area contributed by atoms with Crippen molar-refractivity contribution in [3.8, 4) is 28.9 Å². The molecular weight excluding hydrogens is 806 g/mol. The van der Waals surface area contributed by atoms with Gasteiger partial charge in [-0.3, -0.25) is 14.5 Å². The minimum atomic E-state index is -0.618. The van der Waals surface area contributed by atoms with E-state index in [1.807, 2.05) is 0 Å². The van der Waals surface area contributed by atoms with Crippen LogP contribution in [0.1, 0.15) is 96.0 Å². The molecule has 0 amide bonds. The van der Waals surface area contributed by atoms with Crippen molar-refractivity contribution < 1.29 is 15.3 Å². The quantitative estimate of drug-likeness (QED) is 0.0204. The molecule has 0 spiro atoms. The highest BCUT2D eigenvalue weighted by molar-refractivity contribution is 6.40. The van der Waals surface area contributed by atoms with Crippen LogP contribution in [0.2, 0.25) is 15.1 Å².